The fourth-order valence-electron chi connectivity index (χ4n) is 0.855. The topological polar surface area (TPSA) is 41.8 Å². The van der Waals surface area contributed by atoms with Gasteiger partial charge in [0, 0.05) is 6.20 Å². The van der Waals surface area contributed by atoms with Gasteiger partial charge in [0.15, 0.2) is 5.22 Å². The van der Waals surface area contributed by atoms with Gasteiger partial charge in [-0.15, -0.1) is 0 Å². The third-order valence-corrected chi connectivity index (χ3v) is 1.56. The predicted octanol–water partition coefficient (Wildman–Crippen LogP) is 2.32. The third-order valence-electron chi connectivity index (χ3n) is 1.36. The predicted molar refractivity (Wildman–Crippen MR) is 41.3 cm³/mol. The number of H-pyrrole nitrogens is 1. The average Bonchev–Trinajstić information content (AvgIpc) is 2.55. The van der Waals surface area contributed by atoms with Crippen molar-refractivity contribution in [3.8, 4) is 11.3 Å². The molecule has 0 saturated heterocycles. The lowest BCUT2D eigenvalue weighted by Crippen LogP contribution is -1.63. The van der Waals surface area contributed by atoms with E-state index in [4.69, 9.17) is 16.0 Å². The van der Waals surface area contributed by atoms with E-state index in [1.165, 1.54) is 0 Å². The van der Waals surface area contributed by atoms with Crippen LogP contribution in [0, 0.1) is 0 Å². The van der Waals surface area contributed by atoms with Crippen molar-refractivity contribution in [3.63, 3.8) is 0 Å². The first-order valence-corrected chi connectivity index (χ1v) is 3.48. The molecule has 56 valence electrons. The molecular weight excluding hydrogens is 164 g/mol. The quantitative estimate of drug-likeness (QED) is 0.710. The largest absolute Gasteiger partial charge is 0.445 e. The summed E-state index contributed by atoms with van der Waals surface area (Å²) in [7, 11) is 0. The van der Waals surface area contributed by atoms with Gasteiger partial charge in [0.05, 0.1) is 11.8 Å². The van der Waals surface area contributed by atoms with Crippen LogP contribution >= 0.6 is 11.6 Å². The minimum atomic E-state index is 0.390. The minimum Gasteiger partial charge on any atom is -0.445 e. The van der Waals surface area contributed by atoms with E-state index in [0.717, 1.165) is 11.3 Å². The third kappa shape index (κ3) is 1.14. The summed E-state index contributed by atoms with van der Waals surface area (Å²) in [4.78, 5) is 0. The number of hydrogen-bond donors (Lipinski definition) is 1. The number of nitrogens with zero attached hydrogens (tertiary/aromatic N) is 1. The first-order chi connectivity index (χ1) is 5.36. The summed E-state index contributed by atoms with van der Waals surface area (Å²) >= 11 is 5.58. The van der Waals surface area contributed by atoms with Crippen molar-refractivity contribution in [2.24, 2.45) is 0 Å². The molecule has 0 unspecified atom stereocenters. The van der Waals surface area contributed by atoms with Crippen LogP contribution in [0.4, 0.5) is 0 Å². The summed E-state index contributed by atoms with van der Waals surface area (Å²) in [6.45, 7) is 0. The van der Waals surface area contributed by atoms with Crippen LogP contribution in [0.2, 0.25) is 5.22 Å². The lowest BCUT2D eigenvalue weighted by molar-refractivity contribution is 0.584. The van der Waals surface area contributed by atoms with E-state index in [2.05, 4.69) is 10.2 Å². The maximum Gasteiger partial charge on any atom is 0.193 e. The van der Waals surface area contributed by atoms with Crippen LogP contribution in [0.5, 0.6) is 0 Å². The van der Waals surface area contributed by atoms with Gasteiger partial charge in [-0.3, -0.25) is 5.10 Å². The van der Waals surface area contributed by atoms with Gasteiger partial charge in [-0.05, 0) is 23.7 Å². The van der Waals surface area contributed by atoms with Crippen molar-refractivity contribution in [2.45, 2.75) is 0 Å². The Morgan fingerprint density at radius 3 is 2.91 bits per heavy atom. The lowest BCUT2D eigenvalue weighted by Gasteiger charge is -1.85. The average molecular weight is 169 g/mol. The molecule has 1 N–H and O–H groups in total. The van der Waals surface area contributed by atoms with Crippen molar-refractivity contribution in [2.75, 3.05) is 0 Å². The van der Waals surface area contributed by atoms with Crippen LogP contribution in [0.15, 0.2) is 28.9 Å². The van der Waals surface area contributed by atoms with E-state index < -0.39 is 0 Å². The van der Waals surface area contributed by atoms with E-state index in [-0.39, 0.29) is 0 Å². The molecule has 2 aromatic heterocycles. The van der Waals surface area contributed by atoms with Gasteiger partial charge in [-0.2, -0.15) is 5.10 Å². The maximum atomic E-state index is 5.58. The van der Waals surface area contributed by atoms with Crippen LogP contribution in [0.25, 0.3) is 11.3 Å². The molecule has 0 aliphatic heterocycles. The molecule has 2 heterocycles. The molecule has 0 aliphatic rings. The maximum absolute atomic E-state index is 5.58. The Kier molecular flexibility index (Phi) is 1.43. The van der Waals surface area contributed by atoms with Crippen molar-refractivity contribution in [3.05, 3.63) is 29.7 Å². The number of halogens is 1. The molecule has 0 saturated carbocycles. The number of aromatic amines is 1. The molecule has 0 radical (unpaired) electrons. The fourth-order valence-corrected chi connectivity index (χ4v) is 1.00. The molecular formula is C7H5ClN2O. The molecule has 0 fully saturated rings. The Labute approximate surface area is 68.0 Å². The molecule has 0 atom stereocenters. The van der Waals surface area contributed by atoms with E-state index in [1.54, 1.807) is 24.5 Å². The SMILES string of the molecule is Clc1ccc(-c2cn[nH]c2)o1. The first-order valence-electron chi connectivity index (χ1n) is 3.11. The summed E-state index contributed by atoms with van der Waals surface area (Å²) in [5, 5.41) is 6.85. The summed E-state index contributed by atoms with van der Waals surface area (Å²) in [5.74, 6) is 0.726. The van der Waals surface area contributed by atoms with Crippen LogP contribution < -0.4 is 0 Å². The summed E-state index contributed by atoms with van der Waals surface area (Å²) in [6.07, 6.45) is 3.42. The molecule has 11 heavy (non-hydrogen) atoms. The van der Waals surface area contributed by atoms with Gasteiger partial charge in [0.2, 0.25) is 0 Å². The molecule has 3 nitrogen and oxygen atoms in total. The van der Waals surface area contributed by atoms with Crippen molar-refractivity contribution >= 4 is 11.6 Å². The van der Waals surface area contributed by atoms with Crippen LogP contribution in [0.1, 0.15) is 0 Å². The van der Waals surface area contributed by atoms with Gasteiger partial charge in [-0.1, -0.05) is 0 Å². The Hall–Kier alpha value is -1.22. The van der Waals surface area contributed by atoms with Gasteiger partial charge in [0.1, 0.15) is 5.76 Å². The highest BCUT2D eigenvalue weighted by molar-refractivity contribution is 6.28. The van der Waals surface area contributed by atoms with Crippen molar-refractivity contribution < 1.29 is 4.42 Å². The molecule has 0 aromatic carbocycles. The monoisotopic (exact) mass is 168 g/mol. The second-order valence-corrected chi connectivity index (χ2v) is 2.46. The molecule has 2 aromatic rings. The van der Waals surface area contributed by atoms with E-state index in [1.807, 2.05) is 0 Å². The van der Waals surface area contributed by atoms with Crippen LogP contribution in [-0.4, -0.2) is 10.2 Å². The van der Waals surface area contributed by atoms with Gasteiger partial charge >= 0.3 is 0 Å². The normalized spacial score (nSPS) is 10.3. The zero-order chi connectivity index (χ0) is 7.68. The summed E-state index contributed by atoms with van der Waals surface area (Å²) in [6, 6.07) is 3.50. The molecule has 4 heteroatoms. The van der Waals surface area contributed by atoms with E-state index >= 15 is 0 Å². The molecule has 2 rings (SSSR count). The Bertz CT molecular complexity index is 339. The second-order valence-electron chi connectivity index (χ2n) is 2.09. The first kappa shape index (κ1) is 6.49. The van der Waals surface area contributed by atoms with Gasteiger partial charge in [-0.25, -0.2) is 0 Å². The second kappa shape index (κ2) is 2.43. The Morgan fingerprint density at radius 2 is 2.36 bits per heavy atom. The van der Waals surface area contributed by atoms with Crippen molar-refractivity contribution in [1.29, 1.82) is 0 Å². The smallest absolute Gasteiger partial charge is 0.193 e. The van der Waals surface area contributed by atoms with Gasteiger partial charge in [0.25, 0.3) is 0 Å². The van der Waals surface area contributed by atoms with Crippen LogP contribution in [0.3, 0.4) is 0 Å². The highest BCUT2D eigenvalue weighted by Gasteiger charge is 2.02. The number of furan rings is 1. The summed E-state index contributed by atoms with van der Waals surface area (Å²) in [5.41, 5.74) is 0.900. The van der Waals surface area contributed by atoms with Gasteiger partial charge < -0.3 is 4.42 Å². The zero-order valence-corrected chi connectivity index (χ0v) is 6.30. The molecule has 0 amide bonds. The Balaban J connectivity index is 2.45. The molecule has 0 bridgehead atoms. The highest BCUT2D eigenvalue weighted by atomic mass is 35.5. The Morgan fingerprint density at radius 1 is 1.45 bits per heavy atom. The summed E-state index contributed by atoms with van der Waals surface area (Å²) < 4.78 is 5.13. The van der Waals surface area contributed by atoms with Crippen LogP contribution in [-0.2, 0) is 0 Å². The zero-order valence-electron chi connectivity index (χ0n) is 5.54. The lowest BCUT2D eigenvalue weighted by atomic mass is 10.3. The van der Waals surface area contributed by atoms with E-state index in [0.29, 0.717) is 5.22 Å². The molecule has 0 spiro atoms. The van der Waals surface area contributed by atoms with E-state index in [9.17, 15) is 0 Å². The number of hydrogen-bond acceptors (Lipinski definition) is 2. The highest BCUT2D eigenvalue weighted by Crippen LogP contribution is 2.22. The number of aromatic nitrogens is 2. The number of rotatable bonds is 1. The number of nitrogens with one attached hydrogen (secondary N) is 1. The standard InChI is InChI=1S/C7H5ClN2O/c8-7-2-1-6(11-7)5-3-9-10-4-5/h1-4H,(H,9,10). The molecule has 0 aliphatic carbocycles. The van der Waals surface area contributed by atoms with Crippen molar-refractivity contribution in [1.82, 2.24) is 10.2 Å². The fraction of sp³-hybridized carbons (Fsp3) is 0. The minimum absolute atomic E-state index is 0.390.